The Hall–Kier alpha value is -2.90. The third-order valence-electron chi connectivity index (χ3n) is 3.99. The lowest BCUT2D eigenvalue weighted by atomic mass is 10.0. The number of thiazole rings is 1. The summed E-state index contributed by atoms with van der Waals surface area (Å²) in [6, 6.07) is -0.998. The van der Waals surface area contributed by atoms with Gasteiger partial charge in [-0.1, -0.05) is 16.8 Å². The minimum atomic E-state index is -1.28. The van der Waals surface area contributed by atoms with Crippen molar-refractivity contribution in [2.75, 3.05) is 12.4 Å². The zero-order valence-electron chi connectivity index (χ0n) is 14.9. The van der Waals surface area contributed by atoms with Gasteiger partial charge in [0, 0.05) is 16.7 Å². The number of carboxylic acids is 2. The zero-order valence-corrected chi connectivity index (χ0v) is 17.2. The van der Waals surface area contributed by atoms with E-state index in [0.717, 1.165) is 10.4 Å². The van der Waals surface area contributed by atoms with Crippen LogP contribution in [0.1, 0.15) is 5.69 Å². The molecule has 0 spiro atoms. The van der Waals surface area contributed by atoms with E-state index in [-0.39, 0.29) is 22.9 Å². The molecule has 1 saturated heterocycles. The van der Waals surface area contributed by atoms with Gasteiger partial charge in [-0.15, -0.1) is 23.1 Å². The minimum absolute atomic E-state index is 0.142. The number of amides is 2. The number of aromatic nitrogens is 1. The van der Waals surface area contributed by atoms with E-state index in [0.29, 0.717) is 5.57 Å². The highest BCUT2D eigenvalue weighted by atomic mass is 35.5. The minimum Gasteiger partial charge on any atom is -0.479 e. The summed E-state index contributed by atoms with van der Waals surface area (Å²) in [5.74, 6) is -3.70. The molecule has 2 aliphatic heterocycles. The van der Waals surface area contributed by atoms with Crippen LogP contribution < -0.4 is 5.32 Å². The molecule has 3 N–H and O–H groups in total. The molecule has 3 rings (SSSR count). The number of hydrogen-bond acceptors (Lipinski definition) is 9. The molecule has 2 atom stereocenters. The number of nitrogens with one attached hydrogen (secondary N) is 1. The predicted octanol–water partition coefficient (Wildman–Crippen LogP) is 0.440. The molecule has 0 aromatic carbocycles. The van der Waals surface area contributed by atoms with Gasteiger partial charge < -0.3 is 20.4 Å². The summed E-state index contributed by atoms with van der Waals surface area (Å²) in [6.45, 7) is -0.765. The number of carbonyl (C=O) groups is 4. The van der Waals surface area contributed by atoms with Crippen LogP contribution in [0.2, 0.25) is 0 Å². The van der Waals surface area contributed by atoms with E-state index < -0.39 is 41.8 Å². The van der Waals surface area contributed by atoms with Crippen molar-refractivity contribution in [3.63, 3.8) is 0 Å². The molecule has 0 bridgehead atoms. The molecule has 2 aliphatic rings. The van der Waals surface area contributed by atoms with Crippen molar-refractivity contribution >= 4 is 64.2 Å². The molecule has 1 unspecified atom stereocenters. The summed E-state index contributed by atoms with van der Waals surface area (Å²) in [5, 5.41) is 25.0. The number of oxime groups is 1. The number of rotatable bonds is 8. The lowest BCUT2D eigenvalue weighted by Crippen LogP contribution is -2.71. The fraction of sp³-hybridized carbons (Fsp3) is 0.250. The highest BCUT2D eigenvalue weighted by Gasteiger charge is 2.54. The van der Waals surface area contributed by atoms with Crippen LogP contribution in [-0.4, -0.2) is 73.3 Å². The number of halogens is 1. The first-order valence-corrected chi connectivity index (χ1v) is 10.6. The normalized spacial score (nSPS) is 21.3. The van der Waals surface area contributed by atoms with Crippen molar-refractivity contribution in [1.82, 2.24) is 15.2 Å². The number of aliphatic carboxylic acids is 2. The van der Waals surface area contributed by atoms with Crippen LogP contribution in [0.25, 0.3) is 0 Å². The monoisotopic (exact) mass is 472 g/mol. The van der Waals surface area contributed by atoms with Crippen molar-refractivity contribution in [3.8, 4) is 0 Å². The van der Waals surface area contributed by atoms with Gasteiger partial charge in [0.05, 0.1) is 5.51 Å². The van der Waals surface area contributed by atoms with E-state index in [1.165, 1.54) is 40.1 Å². The SMILES string of the molecule is O=C(O)CON=C(C(=O)NC1C(=O)N2C(C(=O)O)=C(C=CCl)CS[C@@H]12)c1cscn1. The molecule has 3 heterocycles. The average Bonchev–Trinajstić information content (AvgIpc) is 3.23. The first kappa shape index (κ1) is 21.8. The Morgan fingerprint density at radius 3 is 2.80 bits per heavy atom. The van der Waals surface area contributed by atoms with E-state index in [9.17, 15) is 24.3 Å². The summed E-state index contributed by atoms with van der Waals surface area (Å²) >= 11 is 7.98. The van der Waals surface area contributed by atoms with Gasteiger partial charge in [0.15, 0.2) is 5.71 Å². The number of β-lactam (4-membered cyclic amide) rings is 1. The van der Waals surface area contributed by atoms with Crippen LogP contribution in [0.15, 0.2) is 38.9 Å². The molecule has 30 heavy (non-hydrogen) atoms. The van der Waals surface area contributed by atoms with E-state index in [2.05, 4.69) is 20.3 Å². The average molecular weight is 473 g/mol. The Labute approximate surface area is 182 Å². The Balaban J connectivity index is 1.78. The van der Waals surface area contributed by atoms with Crippen LogP contribution in [0.3, 0.4) is 0 Å². The Morgan fingerprint density at radius 1 is 1.43 bits per heavy atom. The molecule has 2 amide bonds. The number of carboxylic acid groups (broad SMARTS) is 2. The Kier molecular flexibility index (Phi) is 6.74. The quantitative estimate of drug-likeness (QED) is 0.277. The van der Waals surface area contributed by atoms with E-state index in [1.807, 2.05) is 0 Å². The smallest absolute Gasteiger partial charge is 0.352 e. The van der Waals surface area contributed by atoms with E-state index >= 15 is 0 Å². The highest BCUT2D eigenvalue weighted by Crippen LogP contribution is 2.40. The molecule has 1 aromatic heterocycles. The molecule has 1 aromatic rings. The number of hydrogen-bond donors (Lipinski definition) is 3. The summed E-state index contributed by atoms with van der Waals surface area (Å²) in [7, 11) is 0. The predicted molar refractivity (Wildman–Crippen MR) is 107 cm³/mol. The molecule has 158 valence electrons. The maximum Gasteiger partial charge on any atom is 0.352 e. The summed E-state index contributed by atoms with van der Waals surface area (Å²) < 4.78 is 0. The topological polar surface area (TPSA) is 158 Å². The van der Waals surface area contributed by atoms with Crippen molar-refractivity contribution in [1.29, 1.82) is 0 Å². The van der Waals surface area contributed by atoms with Gasteiger partial charge in [-0.3, -0.25) is 14.5 Å². The molecule has 14 heteroatoms. The maximum absolute atomic E-state index is 12.7. The Morgan fingerprint density at radius 2 is 2.20 bits per heavy atom. The highest BCUT2D eigenvalue weighted by molar-refractivity contribution is 8.00. The van der Waals surface area contributed by atoms with Gasteiger partial charge in [0.2, 0.25) is 6.61 Å². The van der Waals surface area contributed by atoms with Crippen LogP contribution in [0.4, 0.5) is 0 Å². The molecular formula is C16H13ClN4O7S2. The van der Waals surface area contributed by atoms with Crippen LogP contribution >= 0.6 is 34.7 Å². The van der Waals surface area contributed by atoms with Crippen molar-refractivity contribution < 1.29 is 34.2 Å². The first-order chi connectivity index (χ1) is 14.3. The van der Waals surface area contributed by atoms with Crippen molar-refractivity contribution in [2.24, 2.45) is 5.16 Å². The zero-order chi connectivity index (χ0) is 21.8. The molecule has 11 nitrogen and oxygen atoms in total. The number of nitrogens with zero attached hydrogens (tertiary/aromatic N) is 3. The van der Waals surface area contributed by atoms with Crippen LogP contribution in [0, 0.1) is 0 Å². The fourth-order valence-corrected chi connectivity index (χ4v) is 4.75. The second-order valence-corrected chi connectivity index (χ2v) is 7.89. The van der Waals surface area contributed by atoms with Gasteiger partial charge in [-0.05, 0) is 11.6 Å². The standard InChI is InChI=1S/C16H13ClN4O7S2/c17-2-1-7-4-30-15-11(14(25)21(15)12(7)16(26)27)19-13(24)10(8-5-29-6-18-8)20-28-3-9(22)23/h1-2,5-6,11,15H,3-4H2,(H,19,24)(H,22,23)(H,26,27)/t11?,15-/m0/s1. The summed E-state index contributed by atoms with van der Waals surface area (Å²) in [6.07, 6.45) is 1.40. The molecule has 1 fully saturated rings. The third-order valence-corrected chi connectivity index (χ3v) is 6.00. The fourth-order valence-electron chi connectivity index (χ4n) is 2.74. The molecule has 0 aliphatic carbocycles. The summed E-state index contributed by atoms with van der Waals surface area (Å²) in [4.78, 5) is 57.2. The van der Waals surface area contributed by atoms with E-state index in [1.54, 1.807) is 0 Å². The lowest BCUT2D eigenvalue weighted by Gasteiger charge is -2.49. The van der Waals surface area contributed by atoms with E-state index in [4.69, 9.17) is 16.7 Å². The largest absolute Gasteiger partial charge is 0.479 e. The number of fused-ring (bicyclic) bond motifs is 1. The third kappa shape index (κ3) is 4.32. The van der Waals surface area contributed by atoms with Gasteiger partial charge in [0.1, 0.15) is 22.8 Å². The van der Waals surface area contributed by atoms with Gasteiger partial charge in [-0.2, -0.15) is 0 Å². The molecule has 0 saturated carbocycles. The lowest BCUT2D eigenvalue weighted by molar-refractivity contribution is -0.150. The molecule has 0 radical (unpaired) electrons. The number of thioether (sulfide) groups is 1. The second-order valence-electron chi connectivity index (χ2n) is 5.81. The van der Waals surface area contributed by atoms with Crippen LogP contribution in [-0.2, 0) is 24.0 Å². The van der Waals surface area contributed by atoms with Gasteiger partial charge in [-0.25, -0.2) is 14.6 Å². The second kappa shape index (κ2) is 9.28. The van der Waals surface area contributed by atoms with Gasteiger partial charge >= 0.3 is 11.9 Å². The number of allylic oxidation sites excluding steroid dienone is 1. The first-order valence-electron chi connectivity index (χ1n) is 8.14. The van der Waals surface area contributed by atoms with Crippen molar-refractivity contribution in [3.05, 3.63) is 39.5 Å². The van der Waals surface area contributed by atoms with Gasteiger partial charge in [0.25, 0.3) is 11.8 Å². The van der Waals surface area contributed by atoms with Crippen LogP contribution in [0.5, 0.6) is 0 Å². The summed E-state index contributed by atoms with van der Waals surface area (Å²) in [5.41, 5.74) is 2.63. The number of carbonyl (C=O) groups excluding carboxylic acids is 2. The molecular weight excluding hydrogens is 460 g/mol. The van der Waals surface area contributed by atoms with Crippen molar-refractivity contribution in [2.45, 2.75) is 11.4 Å². The maximum atomic E-state index is 12.7. The Bertz CT molecular complexity index is 976.